The van der Waals surface area contributed by atoms with Gasteiger partial charge in [-0.1, -0.05) is 0 Å². The van der Waals surface area contributed by atoms with Crippen LogP contribution in [0.15, 0.2) is 0 Å². The van der Waals surface area contributed by atoms with Crippen LogP contribution in [-0.2, 0) is 9.47 Å². The number of hydrogen-bond donors (Lipinski definition) is 1. The van der Waals surface area contributed by atoms with E-state index in [1.54, 1.807) is 0 Å². The summed E-state index contributed by atoms with van der Waals surface area (Å²) < 4.78 is 11.5. The second-order valence-electron chi connectivity index (χ2n) is 6.90. The molecule has 1 unspecified atom stereocenters. The van der Waals surface area contributed by atoms with E-state index in [1.165, 1.54) is 0 Å². The first-order valence-electron chi connectivity index (χ1n) is 6.53. The molecule has 0 spiro atoms. The smallest absolute Gasteiger partial charge is 0.0649 e. The van der Waals surface area contributed by atoms with Crippen molar-refractivity contribution in [2.45, 2.75) is 78.7 Å². The molecule has 0 rings (SSSR count). The standard InChI is InChI=1S/C14H31NO2/c1-11(2)16-9-12(15-13(3,4)5)10-17-14(6,7)8/h11-12,15H,9-10H2,1-8H3. The Balaban J connectivity index is 4.21. The van der Waals surface area contributed by atoms with Gasteiger partial charge in [-0.25, -0.2) is 0 Å². The van der Waals surface area contributed by atoms with Gasteiger partial charge in [0.25, 0.3) is 0 Å². The molecule has 0 saturated carbocycles. The van der Waals surface area contributed by atoms with E-state index in [0.717, 1.165) is 0 Å². The second kappa shape index (κ2) is 6.72. The predicted octanol–water partition coefficient (Wildman–Crippen LogP) is 2.98. The average Bonchev–Trinajstić information content (AvgIpc) is 2.06. The zero-order valence-electron chi connectivity index (χ0n) is 12.9. The topological polar surface area (TPSA) is 30.5 Å². The summed E-state index contributed by atoms with van der Waals surface area (Å²) in [6, 6.07) is 0.233. The van der Waals surface area contributed by atoms with Gasteiger partial charge >= 0.3 is 0 Å². The van der Waals surface area contributed by atoms with Gasteiger partial charge in [0.2, 0.25) is 0 Å². The fraction of sp³-hybridized carbons (Fsp3) is 1.00. The largest absolute Gasteiger partial charge is 0.377 e. The SMILES string of the molecule is CC(C)OCC(COC(C)(C)C)NC(C)(C)C. The summed E-state index contributed by atoms with van der Waals surface area (Å²) in [5.41, 5.74) is -0.0259. The first-order chi connectivity index (χ1) is 7.49. The number of nitrogens with one attached hydrogen (secondary N) is 1. The van der Waals surface area contributed by atoms with Gasteiger partial charge in [0.1, 0.15) is 0 Å². The van der Waals surface area contributed by atoms with Gasteiger partial charge in [-0.3, -0.25) is 0 Å². The van der Waals surface area contributed by atoms with E-state index in [0.29, 0.717) is 13.2 Å². The summed E-state index contributed by atoms with van der Waals surface area (Å²) in [4.78, 5) is 0. The van der Waals surface area contributed by atoms with Crippen LogP contribution in [0.25, 0.3) is 0 Å². The Morgan fingerprint density at radius 3 is 1.82 bits per heavy atom. The van der Waals surface area contributed by atoms with Crippen molar-refractivity contribution in [1.82, 2.24) is 5.32 Å². The lowest BCUT2D eigenvalue weighted by molar-refractivity contribution is -0.0381. The third kappa shape index (κ3) is 12.1. The molecule has 1 atom stereocenters. The number of rotatable bonds is 6. The molecule has 17 heavy (non-hydrogen) atoms. The molecule has 0 aromatic heterocycles. The molecule has 3 heteroatoms. The van der Waals surface area contributed by atoms with Crippen molar-refractivity contribution < 1.29 is 9.47 Å². The second-order valence-corrected chi connectivity index (χ2v) is 6.90. The van der Waals surface area contributed by atoms with E-state index in [9.17, 15) is 0 Å². The molecule has 0 saturated heterocycles. The van der Waals surface area contributed by atoms with Gasteiger partial charge in [-0.15, -0.1) is 0 Å². The van der Waals surface area contributed by atoms with Crippen LogP contribution in [0.2, 0.25) is 0 Å². The van der Waals surface area contributed by atoms with Crippen LogP contribution in [0.3, 0.4) is 0 Å². The highest BCUT2D eigenvalue weighted by Crippen LogP contribution is 2.09. The summed E-state index contributed by atoms with van der Waals surface area (Å²) in [6.45, 7) is 18.2. The zero-order valence-corrected chi connectivity index (χ0v) is 12.9. The average molecular weight is 245 g/mol. The number of hydrogen-bond acceptors (Lipinski definition) is 3. The Morgan fingerprint density at radius 2 is 1.47 bits per heavy atom. The lowest BCUT2D eigenvalue weighted by atomic mass is 10.1. The van der Waals surface area contributed by atoms with Crippen molar-refractivity contribution in [2.75, 3.05) is 13.2 Å². The molecule has 0 aliphatic heterocycles. The van der Waals surface area contributed by atoms with Crippen LogP contribution < -0.4 is 5.32 Å². The minimum Gasteiger partial charge on any atom is -0.377 e. The molecule has 0 aromatic rings. The molecule has 1 N–H and O–H groups in total. The molecule has 0 fully saturated rings. The maximum atomic E-state index is 5.83. The van der Waals surface area contributed by atoms with Gasteiger partial charge in [0.05, 0.1) is 31.0 Å². The van der Waals surface area contributed by atoms with Crippen molar-refractivity contribution in [3.63, 3.8) is 0 Å². The van der Waals surface area contributed by atoms with Gasteiger partial charge in [-0.05, 0) is 55.4 Å². The Bertz CT molecular complexity index is 201. The molecule has 0 radical (unpaired) electrons. The fourth-order valence-electron chi connectivity index (χ4n) is 1.40. The summed E-state index contributed by atoms with van der Waals surface area (Å²) in [5, 5.41) is 3.53. The van der Waals surface area contributed by atoms with Gasteiger partial charge in [0.15, 0.2) is 0 Å². The van der Waals surface area contributed by atoms with Crippen LogP contribution in [-0.4, -0.2) is 36.5 Å². The minimum atomic E-state index is -0.102. The minimum absolute atomic E-state index is 0.0756. The predicted molar refractivity (Wildman–Crippen MR) is 73.5 cm³/mol. The molecule has 104 valence electrons. The van der Waals surface area contributed by atoms with E-state index in [2.05, 4.69) is 60.7 Å². The van der Waals surface area contributed by atoms with E-state index < -0.39 is 0 Å². The fourth-order valence-corrected chi connectivity index (χ4v) is 1.40. The molecule has 0 aliphatic rings. The molecule has 0 aromatic carbocycles. The van der Waals surface area contributed by atoms with Crippen molar-refractivity contribution in [3.8, 4) is 0 Å². The first-order valence-corrected chi connectivity index (χ1v) is 6.53. The quantitative estimate of drug-likeness (QED) is 0.780. The zero-order chi connectivity index (χ0) is 13.7. The van der Waals surface area contributed by atoms with E-state index >= 15 is 0 Å². The van der Waals surface area contributed by atoms with E-state index in [1.807, 2.05) is 0 Å². The Morgan fingerprint density at radius 1 is 0.941 bits per heavy atom. The molecule has 0 heterocycles. The van der Waals surface area contributed by atoms with Crippen molar-refractivity contribution in [1.29, 1.82) is 0 Å². The lowest BCUT2D eigenvalue weighted by Crippen LogP contribution is -2.49. The van der Waals surface area contributed by atoms with Crippen LogP contribution in [0, 0.1) is 0 Å². The summed E-state index contributed by atoms with van der Waals surface area (Å²) in [5.74, 6) is 0. The van der Waals surface area contributed by atoms with E-state index in [-0.39, 0.29) is 23.3 Å². The monoisotopic (exact) mass is 245 g/mol. The molecular weight excluding hydrogens is 214 g/mol. The summed E-state index contributed by atoms with van der Waals surface area (Å²) >= 11 is 0. The van der Waals surface area contributed by atoms with Crippen molar-refractivity contribution >= 4 is 0 Å². The van der Waals surface area contributed by atoms with Crippen molar-refractivity contribution in [3.05, 3.63) is 0 Å². The molecule has 0 amide bonds. The van der Waals surface area contributed by atoms with Crippen LogP contribution in [0.5, 0.6) is 0 Å². The summed E-state index contributed by atoms with van der Waals surface area (Å²) in [7, 11) is 0. The molecule has 3 nitrogen and oxygen atoms in total. The Kier molecular flexibility index (Phi) is 6.67. The van der Waals surface area contributed by atoms with Crippen LogP contribution in [0.1, 0.15) is 55.4 Å². The van der Waals surface area contributed by atoms with Crippen molar-refractivity contribution in [2.24, 2.45) is 0 Å². The van der Waals surface area contributed by atoms with Gasteiger partial charge in [-0.2, -0.15) is 0 Å². The maximum Gasteiger partial charge on any atom is 0.0649 e. The number of ether oxygens (including phenoxy) is 2. The maximum absolute atomic E-state index is 5.83. The summed E-state index contributed by atoms with van der Waals surface area (Å²) in [6.07, 6.45) is 0.258. The molecular formula is C14H31NO2. The Labute approximate surface area is 107 Å². The lowest BCUT2D eigenvalue weighted by Gasteiger charge is -2.31. The van der Waals surface area contributed by atoms with Gasteiger partial charge in [0, 0.05) is 5.54 Å². The highest BCUT2D eigenvalue weighted by atomic mass is 16.5. The Hall–Kier alpha value is -0.120. The third-order valence-electron chi connectivity index (χ3n) is 1.99. The van der Waals surface area contributed by atoms with Crippen LogP contribution in [0.4, 0.5) is 0 Å². The molecule has 0 aliphatic carbocycles. The van der Waals surface area contributed by atoms with Crippen LogP contribution >= 0.6 is 0 Å². The first kappa shape index (κ1) is 16.9. The van der Waals surface area contributed by atoms with Gasteiger partial charge < -0.3 is 14.8 Å². The molecule has 0 bridgehead atoms. The normalized spacial score (nSPS) is 15.4. The highest BCUT2D eigenvalue weighted by molar-refractivity contribution is 4.78. The highest BCUT2D eigenvalue weighted by Gasteiger charge is 2.20. The van der Waals surface area contributed by atoms with E-state index in [4.69, 9.17) is 9.47 Å². The third-order valence-corrected chi connectivity index (χ3v) is 1.99.